The first-order valence-corrected chi connectivity index (χ1v) is 13.1. The Labute approximate surface area is 213 Å². The molecule has 2 fully saturated rings. The number of nitrogens with zero attached hydrogens (tertiary/aromatic N) is 4. The van der Waals surface area contributed by atoms with Gasteiger partial charge in [-0.1, -0.05) is 63.2 Å². The van der Waals surface area contributed by atoms with Gasteiger partial charge in [-0.25, -0.2) is 4.68 Å². The highest BCUT2D eigenvalue weighted by Gasteiger charge is 2.30. The molecular weight excluding hydrogens is 454 g/mol. The van der Waals surface area contributed by atoms with Crippen molar-refractivity contribution in [2.45, 2.75) is 64.6 Å². The van der Waals surface area contributed by atoms with Gasteiger partial charge in [0.25, 0.3) is 0 Å². The average Bonchev–Trinajstić information content (AvgIpc) is 3.61. The zero-order valence-corrected chi connectivity index (χ0v) is 21.7. The van der Waals surface area contributed by atoms with Gasteiger partial charge in [0, 0.05) is 36.3 Å². The van der Waals surface area contributed by atoms with Crippen LogP contribution in [0.4, 0.5) is 0 Å². The van der Waals surface area contributed by atoms with Crippen LogP contribution in [0.1, 0.15) is 52.0 Å². The van der Waals surface area contributed by atoms with Crippen molar-refractivity contribution in [2.75, 3.05) is 13.1 Å². The first kappa shape index (κ1) is 23.9. The van der Waals surface area contributed by atoms with E-state index in [-0.39, 0.29) is 17.2 Å². The molecule has 2 aromatic carbocycles. The topological polar surface area (TPSA) is 55.1 Å². The van der Waals surface area contributed by atoms with Crippen LogP contribution in [0.25, 0.3) is 17.1 Å². The third-order valence-electron chi connectivity index (χ3n) is 7.08. The molecule has 5 rings (SSSR count). The van der Waals surface area contributed by atoms with E-state index < -0.39 is 0 Å². The Hall–Kier alpha value is -2.77. The van der Waals surface area contributed by atoms with E-state index in [1.54, 1.807) is 0 Å². The van der Waals surface area contributed by atoms with Crippen LogP contribution in [0, 0.1) is 10.7 Å². The minimum Gasteiger partial charge on any atom is -0.353 e. The summed E-state index contributed by atoms with van der Waals surface area (Å²) < 4.78 is 4.68. The molecule has 7 heteroatoms. The number of hydrogen-bond acceptors (Lipinski definition) is 4. The SMILES string of the molecule is CC(C)(C)c1ccc(-c2nn(CN3CCC(C(=O)NC4CC4)CC3)c(=S)n2-c2ccccc2)cc1. The molecule has 1 aliphatic carbocycles. The number of hydrogen-bond donors (Lipinski definition) is 1. The third kappa shape index (κ3) is 5.41. The van der Waals surface area contributed by atoms with Crippen LogP contribution in [-0.2, 0) is 16.9 Å². The minimum absolute atomic E-state index is 0.0954. The molecule has 184 valence electrons. The fourth-order valence-electron chi connectivity index (χ4n) is 4.69. The van der Waals surface area contributed by atoms with E-state index in [1.807, 2.05) is 22.9 Å². The van der Waals surface area contributed by atoms with Crippen LogP contribution < -0.4 is 5.32 Å². The van der Waals surface area contributed by atoms with Crippen LogP contribution in [0.2, 0.25) is 0 Å². The van der Waals surface area contributed by atoms with Crippen molar-refractivity contribution < 1.29 is 4.79 Å². The number of piperidine rings is 1. The zero-order chi connectivity index (χ0) is 24.6. The summed E-state index contributed by atoms with van der Waals surface area (Å²) in [5.74, 6) is 1.21. The van der Waals surface area contributed by atoms with Crippen LogP contribution in [-0.4, -0.2) is 44.3 Å². The lowest BCUT2D eigenvalue weighted by Crippen LogP contribution is -2.41. The third-order valence-corrected chi connectivity index (χ3v) is 7.47. The molecule has 35 heavy (non-hydrogen) atoms. The summed E-state index contributed by atoms with van der Waals surface area (Å²) in [5.41, 5.74) is 3.44. The number of carbonyl (C=O) groups is 1. The maximum Gasteiger partial charge on any atom is 0.223 e. The lowest BCUT2D eigenvalue weighted by atomic mass is 9.87. The number of para-hydroxylation sites is 1. The predicted octanol–water partition coefficient (Wildman–Crippen LogP) is 5.32. The largest absolute Gasteiger partial charge is 0.353 e. The van der Waals surface area contributed by atoms with Crippen LogP contribution in [0.15, 0.2) is 54.6 Å². The van der Waals surface area contributed by atoms with Gasteiger partial charge in [-0.2, -0.15) is 0 Å². The average molecular weight is 490 g/mol. The van der Waals surface area contributed by atoms with Crippen molar-refractivity contribution >= 4 is 18.1 Å². The van der Waals surface area contributed by atoms with Gasteiger partial charge in [-0.15, -0.1) is 5.10 Å². The summed E-state index contributed by atoms with van der Waals surface area (Å²) in [5, 5.41) is 8.16. The Morgan fingerprint density at radius 2 is 1.66 bits per heavy atom. The molecule has 2 heterocycles. The van der Waals surface area contributed by atoms with E-state index in [2.05, 4.69) is 72.0 Å². The molecule has 0 atom stereocenters. The van der Waals surface area contributed by atoms with Crippen molar-refractivity contribution in [2.24, 2.45) is 5.92 Å². The van der Waals surface area contributed by atoms with E-state index >= 15 is 0 Å². The number of benzene rings is 2. The Kier molecular flexibility index (Phi) is 6.64. The monoisotopic (exact) mass is 489 g/mol. The molecule has 3 aromatic rings. The second-order valence-corrected chi connectivity index (χ2v) is 11.3. The van der Waals surface area contributed by atoms with Gasteiger partial charge in [-0.05, 0) is 61.0 Å². The van der Waals surface area contributed by atoms with Crippen LogP contribution >= 0.6 is 12.2 Å². The Balaban J connectivity index is 1.38. The summed E-state index contributed by atoms with van der Waals surface area (Å²) in [4.78, 5) is 14.8. The number of nitrogens with one attached hydrogen (secondary N) is 1. The fraction of sp³-hybridized carbons (Fsp3) is 0.464. The Bertz CT molecular complexity index is 1230. The smallest absolute Gasteiger partial charge is 0.223 e. The van der Waals surface area contributed by atoms with E-state index in [4.69, 9.17) is 17.3 Å². The van der Waals surface area contributed by atoms with Crippen molar-refractivity contribution in [3.05, 3.63) is 64.9 Å². The number of amides is 1. The summed E-state index contributed by atoms with van der Waals surface area (Å²) in [6.07, 6.45) is 4.03. The van der Waals surface area contributed by atoms with Gasteiger partial charge >= 0.3 is 0 Å². The normalized spacial score (nSPS) is 17.5. The van der Waals surface area contributed by atoms with Gasteiger partial charge in [0.1, 0.15) is 0 Å². The second kappa shape index (κ2) is 9.70. The number of likely N-dealkylation sites (tertiary alicyclic amines) is 1. The number of rotatable bonds is 6. The van der Waals surface area contributed by atoms with E-state index in [1.165, 1.54) is 5.56 Å². The van der Waals surface area contributed by atoms with Gasteiger partial charge in [0.05, 0.1) is 6.67 Å². The first-order valence-electron chi connectivity index (χ1n) is 12.7. The molecule has 6 nitrogen and oxygen atoms in total. The van der Waals surface area contributed by atoms with Crippen LogP contribution in [0.3, 0.4) is 0 Å². The summed E-state index contributed by atoms with van der Waals surface area (Å²) in [6, 6.07) is 19.3. The zero-order valence-electron chi connectivity index (χ0n) is 20.9. The molecule has 1 amide bonds. The highest BCUT2D eigenvalue weighted by Crippen LogP contribution is 2.28. The first-order chi connectivity index (χ1) is 16.8. The molecule has 0 unspecified atom stereocenters. The highest BCUT2D eigenvalue weighted by atomic mass is 32.1. The molecule has 1 aromatic heterocycles. The van der Waals surface area contributed by atoms with Crippen LogP contribution in [0.5, 0.6) is 0 Å². The molecule has 0 radical (unpaired) electrons. The van der Waals surface area contributed by atoms with E-state index in [0.29, 0.717) is 17.5 Å². The van der Waals surface area contributed by atoms with Gasteiger partial charge in [0.2, 0.25) is 10.7 Å². The maximum absolute atomic E-state index is 12.4. The number of aromatic nitrogens is 3. The van der Waals surface area contributed by atoms with Crippen molar-refractivity contribution in [1.29, 1.82) is 0 Å². The van der Waals surface area contributed by atoms with E-state index in [0.717, 1.165) is 55.8 Å². The number of carbonyl (C=O) groups excluding carboxylic acids is 1. The lowest BCUT2D eigenvalue weighted by Gasteiger charge is -2.30. The Morgan fingerprint density at radius 3 is 2.26 bits per heavy atom. The summed E-state index contributed by atoms with van der Waals surface area (Å²) >= 11 is 5.94. The maximum atomic E-state index is 12.4. The Morgan fingerprint density at radius 1 is 1.00 bits per heavy atom. The standard InChI is InChI=1S/C28H35N5OS/c1-28(2,3)22-11-9-20(10-12-22)25-30-32(27(35)33(25)24-7-5-4-6-8-24)19-31-17-15-21(16-18-31)26(34)29-23-13-14-23/h4-12,21,23H,13-19H2,1-3H3,(H,29,34). The van der Waals surface area contributed by atoms with Gasteiger partial charge in [-0.3, -0.25) is 14.3 Å². The molecule has 2 aliphatic rings. The molecule has 1 N–H and O–H groups in total. The van der Waals surface area contributed by atoms with Crippen molar-refractivity contribution in [3.63, 3.8) is 0 Å². The molecule has 1 aliphatic heterocycles. The van der Waals surface area contributed by atoms with Gasteiger partial charge < -0.3 is 5.32 Å². The van der Waals surface area contributed by atoms with Crippen molar-refractivity contribution in [1.82, 2.24) is 24.6 Å². The van der Waals surface area contributed by atoms with Gasteiger partial charge in [0.15, 0.2) is 5.82 Å². The van der Waals surface area contributed by atoms with Crippen molar-refractivity contribution in [3.8, 4) is 17.1 Å². The summed E-state index contributed by atoms with van der Waals surface area (Å²) in [6.45, 7) is 9.04. The molecule has 0 bridgehead atoms. The highest BCUT2D eigenvalue weighted by molar-refractivity contribution is 7.71. The molecule has 1 saturated heterocycles. The predicted molar refractivity (Wildman–Crippen MR) is 142 cm³/mol. The van der Waals surface area contributed by atoms with E-state index in [9.17, 15) is 4.79 Å². The molecular formula is C28H35N5OS. The fourth-order valence-corrected chi connectivity index (χ4v) is 4.98. The quantitative estimate of drug-likeness (QED) is 0.477. The molecule has 1 saturated carbocycles. The molecule has 0 spiro atoms. The second-order valence-electron chi connectivity index (χ2n) is 10.9. The minimum atomic E-state index is 0.0954. The lowest BCUT2D eigenvalue weighted by molar-refractivity contribution is -0.126. The summed E-state index contributed by atoms with van der Waals surface area (Å²) in [7, 11) is 0.